The Morgan fingerprint density at radius 3 is 2.86 bits per heavy atom. The highest BCUT2D eigenvalue weighted by molar-refractivity contribution is 6.32. The van der Waals surface area contributed by atoms with Crippen LogP contribution < -0.4 is 10.1 Å². The monoisotopic (exact) mass is 314 g/mol. The topological polar surface area (TPSA) is 90.7 Å². The van der Waals surface area contributed by atoms with Crippen LogP contribution in [0.3, 0.4) is 0 Å². The number of nitrogens with one attached hydrogen (secondary N) is 1. The Kier molecular flexibility index (Phi) is 4.98. The molecule has 7 nitrogen and oxygen atoms in total. The minimum atomic E-state index is -0.627. The zero-order valence-electron chi connectivity index (χ0n) is 11.4. The van der Waals surface area contributed by atoms with Gasteiger partial charge in [-0.1, -0.05) is 11.6 Å². The molecule has 1 aromatic rings. The highest BCUT2D eigenvalue weighted by Crippen LogP contribution is 2.29. The Morgan fingerprint density at radius 1 is 1.57 bits per heavy atom. The lowest BCUT2D eigenvalue weighted by atomic mass is 10.3. The number of nitrogens with zero attached hydrogens (tertiary/aromatic N) is 1. The Balaban J connectivity index is 2.03. The van der Waals surface area contributed by atoms with Crippen molar-refractivity contribution < 1.29 is 19.2 Å². The van der Waals surface area contributed by atoms with E-state index in [2.05, 4.69) is 5.32 Å². The summed E-state index contributed by atoms with van der Waals surface area (Å²) in [4.78, 5) is 21.8. The number of non-ortho nitro benzene ring substituents is 1. The fourth-order valence-corrected chi connectivity index (χ4v) is 1.92. The normalized spacial score (nSPS) is 15.3. The van der Waals surface area contributed by atoms with Crippen LogP contribution in [0.25, 0.3) is 0 Å². The summed E-state index contributed by atoms with van der Waals surface area (Å²) >= 11 is 5.93. The maximum Gasteiger partial charge on any atom is 0.326 e. The van der Waals surface area contributed by atoms with Crippen molar-refractivity contribution in [2.45, 2.75) is 24.9 Å². The number of nitro groups is 1. The van der Waals surface area contributed by atoms with Crippen LogP contribution >= 0.6 is 11.6 Å². The van der Waals surface area contributed by atoms with Crippen molar-refractivity contribution in [2.24, 2.45) is 0 Å². The molecule has 1 aliphatic carbocycles. The minimum Gasteiger partial charge on any atom is -0.490 e. The van der Waals surface area contributed by atoms with E-state index in [1.165, 1.54) is 25.3 Å². The Morgan fingerprint density at radius 2 is 2.29 bits per heavy atom. The number of ether oxygens (including phenoxy) is 2. The molecule has 21 heavy (non-hydrogen) atoms. The molecule has 1 saturated carbocycles. The van der Waals surface area contributed by atoms with Gasteiger partial charge in [0, 0.05) is 12.1 Å². The summed E-state index contributed by atoms with van der Waals surface area (Å²) in [6.45, 7) is -0.00986. The zero-order valence-corrected chi connectivity index (χ0v) is 12.1. The summed E-state index contributed by atoms with van der Waals surface area (Å²) in [6.07, 6.45) is 2.01. The Bertz CT molecular complexity index is 547. The molecule has 0 aliphatic heterocycles. The number of carbonyl (C=O) groups is 1. The molecule has 0 radical (unpaired) electrons. The first-order valence-corrected chi connectivity index (χ1v) is 6.79. The zero-order chi connectivity index (χ0) is 15.4. The van der Waals surface area contributed by atoms with E-state index in [0.717, 1.165) is 12.8 Å². The van der Waals surface area contributed by atoms with Crippen LogP contribution in [-0.4, -0.2) is 36.7 Å². The van der Waals surface area contributed by atoms with Gasteiger partial charge in [0.2, 0.25) is 0 Å². The van der Waals surface area contributed by atoms with Gasteiger partial charge in [-0.15, -0.1) is 0 Å². The number of rotatable bonds is 7. The average molecular weight is 315 g/mol. The molecule has 114 valence electrons. The van der Waals surface area contributed by atoms with Crippen LogP contribution in [0.4, 0.5) is 5.69 Å². The second kappa shape index (κ2) is 6.73. The summed E-state index contributed by atoms with van der Waals surface area (Å²) in [5.74, 6) is -0.277. The second-order valence-electron chi connectivity index (χ2n) is 4.70. The molecule has 1 N–H and O–H groups in total. The highest BCUT2D eigenvalue weighted by atomic mass is 35.5. The fourth-order valence-electron chi connectivity index (χ4n) is 1.75. The van der Waals surface area contributed by atoms with Crippen LogP contribution in [0.15, 0.2) is 18.2 Å². The van der Waals surface area contributed by atoms with Gasteiger partial charge in [0.05, 0.1) is 23.1 Å². The maximum absolute atomic E-state index is 11.7. The largest absolute Gasteiger partial charge is 0.490 e. The van der Waals surface area contributed by atoms with Gasteiger partial charge in [0.1, 0.15) is 18.4 Å². The first kappa shape index (κ1) is 15.5. The molecule has 1 fully saturated rings. The van der Waals surface area contributed by atoms with E-state index in [4.69, 9.17) is 21.1 Å². The number of benzene rings is 1. The molecular formula is C13H15ClN2O5. The summed E-state index contributed by atoms with van der Waals surface area (Å²) in [6, 6.07) is 3.57. The molecule has 0 bridgehead atoms. The van der Waals surface area contributed by atoms with Crippen molar-refractivity contribution in [3.8, 4) is 5.75 Å². The van der Waals surface area contributed by atoms with Gasteiger partial charge >= 0.3 is 5.97 Å². The molecule has 0 spiro atoms. The predicted molar refractivity (Wildman–Crippen MR) is 75.6 cm³/mol. The molecule has 0 saturated heterocycles. The molecular weight excluding hydrogens is 300 g/mol. The van der Waals surface area contributed by atoms with E-state index >= 15 is 0 Å². The van der Waals surface area contributed by atoms with Gasteiger partial charge in [0.25, 0.3) is 5.69 Å². The number of carbonyl (C=O) groups excluding carboxylic acids is 1. The van der Waals surface area contributed by atoms with Crippen LogP contribution in [0, 0.1) is 10.1 Å². The summed E-state index contributed by atoms with van der Waals surface area (Å²) < 4.78 is 10.1. The van der Waals surface area contributed by atoms with E-state index in [0.29, 0.717) is 6.04 Å². The van der Waals surface area contributed by atoms with E-state index < -0.39 is 16.9 Å². The molecule has 0 aromatic heterocycles. The van der Waals surface area contributed by atoms with Crippen molar-refractivity contribution in [1.29, 1.82) is 0 Å². The lowest BCUT2D eigenvalue weighted by Gasteiger charge is -2.17. The van der Waals surface area contributed by atoms with Crippen LogP contribution in [0.5, 0.6) is 5.75 Å². The van der Waals surface area contributed by atoms with Gasteiger partial charge in [0.15, 0.2) is 0 Å². The molecule has 0 heterocycles. The summed E-state index contributed by atoms with van der Waals surface area (Å²) in [5.41, 5.74) is -0.126. The summed E-state index contributed by atoms with van der Waals surface area (Å²) in [5, 5.41) is 14.1. The van der Waals surface area contributed by atoms with Gasteiger partial charge in [-0.05, 0) is 18.9 Å². The smallest absolute Gasteiger partial charge is 0.326 e. The molecule has 0 amide bonds. The van der Waals surface area contributed by atoms with Crippen molar-refractivity contribution in [3.63, 3.8) is 0 Å². The van der Waals surface area contributed by atoms with Crippen molar-refractivity contribution in [2.75, 3.05) is 13.7 Å². The third-order valence-corrected chi connectivity index (χ3v) is 3.34. The molecule has 2 rings (SSSR count). The van der Waals surface area contributed by atoms with E-state index in [1.807, 2.05) is 0 Å². The second-order valence-corrected chi connectivity index (χ2v) is 5.11. The first-order chi connectivity index (χ1) is 10.0. The van der Waals surface area contributed by atoms with Crippen molar-refractivity contribution in [1.82, 2.24) is 5.32 Å². The standard InChI is InChI=1S/C13H15ClN2O5/c1-20-13(17)11(15-8-2-3-8)7-21-12-6-9(16(18)19)4-5-10(12)14/h4-6,8,11,15H,2-3,7H2,1H3. The molecule has 1 atom stereocenters. The average Bonchev–Trinajstić information content (AvgIpc) is 3.27. The minimum absolute atomic E-state index is 0.00986. The Hall–Kier alpha value is -1.86. The number of hydrogen-bond donors (Lipinski definition) is 1. The van der Waals surface area contributed by atoms with Crippen LogP contribution in [0.1, 0.15) is 12.8 Å². The van der Waals surface area contributed by atoms with E-state index in [9.17, 15) is 14.9 Å². The SMILES string of the molecule is COC(=O)C(COc1cc([N+](=O)[O-])ccc1Cl)NC1CC1. The fraction of sp³-hybridized carbons (Fsp3) is 0.462. The molecule has 1 unspecified atom stereocenters. The van der Waals surface area contributed by atoms with Crippen molar-refractivity contribution in [3.05, 3.63) is 33.3 Å². The molecule has 1 aliphatic rings. The van der Waals surface area contributed by atoms with Gasteiger partial charge in [-0.2, -0.15) is 0 Å². The van der Waals surface area contributed by atoms with E-state index in [1.54, 1.807) is 0 Å². The van der Waals surface area contributed by atoms with Gasteiger partial charge < -0.3 is 9.47 Å². The lowest BCUT2D eigenvalue weighted by molar-refractivity contribution is -0.384. The number of nitro benzene ring substituents is 1. The van der Waals surface area contributed by atoms with Crippen molar-refractivity contribution >= 4 is 23.3 Å². The van der Waals surface area contributed by atoms with Gasteiger partial charge in [-0.25, -0.2) is 0 Å². The third kappa shape index (κ3) is 4.30. The maximum atomic E-state index is 11.7. The summed E-state index contributed by atoms with van der Waals surface area (Å²) in [7, 11) is 1.30. The lowest BCUT2D eigenvalue weighted by Crippen LogP contribution is -2.43. The van der Waals surface area contributed by atoms with Crippen LogP contribution in [-0.2, 0) is 9.53 Å². The molecule has 8 heteroatoms. The van der Waals surface area contributed by atoms with E-state index in [-0.39, 0.29) is 23.1 Å². The van der Waals surface area contributed by atoms with Gasteiger partial charge in [-0.3, -0.25) is 20.2 Å². The first-order valence-electron chi connectivity index (χ1n) is 6.42. The number of halogens is 1. The molecule has 1 aromatic carbocycles. The van der Waals surface area contributed by atoms with Crippen LogP contribution in [0.2, 0.25) is 5.02 Å². The highest BCUT2D eigenvalue weighted by Gasteiger charge is 2.29. The number of hydrogen-bond acceptors (Lipinski definition) is 6. The third-order valence-electron chi connectivity index (χ3n) is 3.03. The predicted octanol–water partition coefficient (Wildman–Crippen LogP) is 1.92. The number of methoxy groups -OCH3 is 1. The number of esters is 1. The Labute approximate surface area is 126 Å². The quantitative estimate of drug-likeness (QED) is 0.470.